The highest BCUT2D eigenvalue weighted by Gasteiger charge is 2.02. The maximum absolute atomic E-state index is 10.5. The summed E-state index contributed by atoms with van der Waals surface area (Å²) in [6.45, 7) is 5.57. The minimum atomic E-state index is -1.09. The molecule has 3 nitrogen and oxygen atoms in total. The first kappa shape index (κ1) is 10.6. The fourth-order valence-corrected chi connectivity index (χ4v) is 1.14. The van der Waals surface area contributed by atoms with Gasteiger partial charge in [-0.1, -0.05) is 6.07 Å². The van der Waals surface area contributed by atoms with E-state index in [0.29, 0.717) is 0 Å². The molecule has 1 rings (SSSR count). The predicted molar refractivity (Wildman–Crippen MR) is 54.0 cm³/mol. The largest absolute Gasteiger partial charge is 0.548 e. The molecule has 1 aromatic carbocycles. The van der Waals surface area contributed by atoms with Crippen LogP contribution in [0.4, 0.5) is 5.69 Å². The fourth-order valence-electron chi connectivity index (χ4n) is 1.14. The molecule has 0 heterocycles. The lowest BCUT2D eigenvalue weighted by Gasteiger charge is -2.16. The number of carboxylic acid groups (broad SMARTS) is 1. The van der Waals surface area contributed by atoms with Gasteiger partial charge in [0.05, 0.1) is 12.0 Å². The van der Waals surface area contributed by atoms with E-state index in [1.165, 1.54) is 5.56 Å². The average Bonchev–Trinajstić information content (AvgIpc) is 2.11. The molecule has 1 aromatic rings. The van der Waals surface area contributed by atoms with Crippen molar-refractivity contribution in [3.05, 3.63) is 29.3 Å². The molecule has 0 radical (unpaired) electrons. The zero-order valence-electron chi connectivity index (χ0n) is 8.63. The quantitative estimate of drug-likeness (QED) is 0.772. The molecule has 0 bridgehead atoms. The van der Waals surface area contributed by atoms with Crippen LogP contribution in [-0.4, -0.2) is 12.0 Å². The number of anilines is 1. The Kier molecular flexibility index (Phi) is 3.12. The minimum Gasteiger partial charge on any atom is -0.548 e. The van der Waals surface area contributed by atoms with Gasteiger partial charge in [0.15, 0.2) is 0 Å². The molecule has 0 amide bonds. The van der Waals surface area contributed by atoms with Crippen LogP contribution in [0.2, 0.25) is 0 Å². The van der Waals surface area contributed by atoms with Crippen LogP contribution in [0.1, 0.15) is 18.1 Å². The van der Waals surface area contributed by atoms with Crippen LogP contribution >= 0.6 is 0 Å². The topological polar surface area (TPSA) is 52.2 Å². The fraction of sp³-hybridized carbons (Fsp3) is 0.364. The summed E-state index contributed by atoms with van der Waals surface area (Å²) in [6, 6.07) is 5.08. The lowest BCUT2D eigenvalue weighted by molar-refractivity contribution is -0.306. The van der Waals surface area contributed by atoms with Crippen LogP contribution in [0, 0.1) is 13.8 Å². The predicted octanol–water partition coefficient (Wildman–Crippen LogP) is 0.854. The van der Waals surface area contributed by atoms with E-state index in [2.05, 4.69) is 5.32 Å². The smallest absolute Gasteiger partial charge is 0.0634 e. The second kappa shape index (κ2) is 4.13. The molecule has 1 N–H and O–H groups in total. The number of hydrogen-bond acceptors (Lipinski definition) is 3. The Morgan fingerprint density at radius 1 is 1.36 bits per heavy atom. The Bertz CT molecular complexity index is 347. The van der Waals surface area contributed by atoms with Gasteiger partial charge in [-0.2, -0.15) is 0 Å². The van der Waals surface area contributed by atoms with Gasteiger partial charge in [-0.3, -0.25) is 0 Å². The minimum absolute atomic E-state index is 0.669. The Labute approximate surface area is 83.8 Å². The molecular formula is C11H14NO2-. The molecule has 0 spiro atoms. The number of benzene rings is 1. The number of rotatable bonds is 3. The van der Waals surface area contributed by atoms with Gasteiger partial charge >= 0.3 is 0 Å². The zero-order valence-corrected chi connectivity index (χ0v) is 8.63. The highest BCUT2D eigenvalue weighted by molar-refractivity contribution is 5.74. The average molecular weight is 192 g/mol. The van der Waals surface area contributed by atoms with Crippen molar-refractivity contribution >= 4 is 11.7 Å². The van der Waals surface area contributed by atoms with Crippen LogP contribution in [-0.2, 0) is 4.79 Å². The second-order valence-corrected chi connectivity index (χ2v) is 3.48. The molecule has 0 saturated carbocycles. The van der Waals surface area contributed by atoms with Crippen molar-refractivity contribution < 1.29 is 9.90 Å². The molecule has 1 atom stereocenters. The third kappa shape index (κ3) is 2.49. The number of nitrogens with one attached hydrogen (secondary N) is 1. The maximum Gasteiger partial charge on any atom is 0.0634 e. The summed E-state index contributed by atoms with van der Waals surface area (Å²) in [5.74, 6) is -1.09. The van der Waals surface area contributed by atoms with Gasteiger partial charge in [0, 0.05) is 5.69 Å². The first-order valence-corrected chi connectivity index (χ1v) is 4.55. The number of aryl methyl sites for hydroxylation is 2. The van der Waals surface area contributed by atoms with E-state index in [4.69, 9.17) is 0 Å². The first-order chi connectivity index (χ1) is 6.50. The van der Waals surface area contributed by atoms with Crippen molar-refractivity contribution in [1.82, 2.24) is 0 Å². The summed E-state index contributed by atoms with van der Waals surface area (Å²) in [5, 5.41) is 13.3. The van der Waals surface area contributed by atoms with Gasteiger partial charge in [0.25, 0.3) is 0 Å². The van der Waals surface area contributed by atoms with E-state index in [1.54, 1.807) is 6.92 Å². The molecule has 76 valence electrons. The summed E-state index contributed by atoms with van der Waals surface area (Å²) >= 11 is 0. The standard InChI is InChI=1S/C11H15NO2/c1-7-4-5-10(6-8(7)2)12-9(3)11(13)14/h4-6,9,12H,1-3H3,(H,13,14)/p-1/t9-/m0/s1. The van der Waals surface area contributed by atoms with Gasteiger partial charge < -0.3 is 15.2 Å². The third-order valence-corrected chi connectivity index (χ3v) is 2.24. The van der Waals surface area contributed by atoms with Crippen LogP contribution < -0.4 is 10.4 Å². The van der Waals surface area contributed by atoms with E-state index in [-0.39, 0.29) is 0 Å². The highest BCUT2D eigenvalue weighted by atomic mass is 16.4. The van der Waals surface area contributed by atoms with E-state index >= 15 is 0 Å². The Balaban J connectivity index is 2.78. The second-order valence-electron chi connectivity index (χ2n) is 3.48. The maximum atomic E-state index is 10.5. The van der Waals surface area contributed by atoms with Gasteiger partial charge in [-0.15, -0.1) is 0 Å². The molecule has 0 aliphatic heterocycles. The number of hydrogen-bond donors (Lipinski definition) is 1. The number of aliphatic carboxylic acids is 1. The summed E-state index contributed by atoms with van der Waals surface area (Å²) < 4.78 is 0. The number of carbonyl (C=O) groups excluding carboxylic acids is 1. The number of carboxylic acids is 1. The van der Waals surface area contributed by atoms with E-state index in [0.717, 1.165) is 11.3 Å². The normalized spacial score (nSPS) is 12.2. The molecular weight excluding hydrogens is 178 g/mol. The van der Waals surface area contributed by atoms with Crippen molar-refractivity contribution in [3.63, 3.8) is 0 Å². The van der Waals surface area contributed by atoms with Gasteiger partial charge in [-0.05, 0) is 44.0 Å². The SMILES string of the molecule is Cc1ccc(N[C@@H](C)C(=O)[O-])cc1C. The molecule has 0 unspecified atom stereocenters. The zero-order chi connectivity index (χ0) is 10.7. The van der Waals surface area contributed by atoms with Gasteiger partial charge in [0.2, 0.25) is 0 Å². The van der Waals surface area contributed by atoms with Crippen molar-refractivity contribution in [2.75, 3.05) is 5.32 Å². The Hall–Kier alpha value is -1.51. The highest BCUT2D eigenvalue weighted by Crippen LogP contribution is 2.14. The Morgan fingerprint density at radius 3 is 2.50 bits per heavy atom. The van der Waals surface area contributed by atoms with Gasteiger partial charge in [-0.25, -0.2) is 0 Å². The molecule has 0 fully saturated rings. The van der Waals surface area contributed by atoms with Crippen molar-refractivity contribution in [2.45, 2.75) is 26.8 Å². The summed E-state index contributed by atoms with van der Waals surface area (Å²) in [6.07, 6.45) is 0. The third-order valence-electron chi connectivity index (χ3n) is 2.24. The van der Waals surface area contributed by atoms with E-state index in [1.807, 2.05) is 32.0 Å². The summed E-state index contributed by atoms with van der Waals surface area (Å²) in [7, 11) is 0. The Morgan fingerprint density at radius 2 is 2.00 bits per heavy atom. The van der Waals surface area contributed by atoms with Crippen molar-refractivity contribution in [2.24, 2.45) is 0 Å². The van der Waals surface area contributed by atoms with Gasteiger partial charge in [0.1, 0.15) is 0 Å². The molecule has 3 heteroatoms. The molecule has 0 aromatic heterocycles. The number of carbonyl (C=O) groups is 1. The van der Waals surface area contributed by atoms with Crippen LogP contribution in [0.25, 0.3) is 0 Å². The van der Waals surface area contributed by atoms with Crippen LogP contribution in [0.3, 0.4) is 0 Å². The molecule has 0 aliphatic rings. The molecule has 0 saturated heterocycles. The van der Waals surface area contributed by atoms with E-state index in [9.17, 15) is 9.90 Å². The molecule has 14 heavy (non-hydrogen) atoms. The molecule has 0 aliphatic carbocycles. The summed E-state index contributed by atoms with van der Waals surface area (Å²) in [4.78, 5) is 10.5. The summed E-state index contributed by atoms with van der Waals surface area (Å²) in [5.41, 5.74) is 3.14. The lowest BCUT2D eigenvalue weighted by atomic mass is 10.1. The van der Waals surface area contributed by atoms with Crippen molar-refractivity contribution in [1.29, 1.82) is 0 Å². The first-order valence-electron chi connectivity index (χ1n) is 4.55. The van der Waals surface area contributed by atoms with Crippen LogP contribution in [0.15, 0.2) is 18.2 Å². The monoisotopic (exact) mass is 192 g/mol. The lowest BCUT2D eigenvalue weighted by Crippen LogP contribution is -2.38. The van der Waals surface area contributed by atoms with Crippen molar-refractivity contribution in [3.8, 4) is 0 Å². The van der Waals surface area contributed by atoms with E-state index < -0.39 is 12.0 Å². The van der Waals surface area contributed by atoms with Crippen LogP contribution in [0.5, 0.6) is 0 Å².